The fourth-order valence-electron chi connectivity index (χ4n) is 2.11. The van der Waals surface area contributed by atoms with E-state index in [1.807, 2.05) is 18.4 Å². The first kappa shape index (κ1) is 15.9. The number of fused-ring (bicyclic) bond motifs is 1. The van der Waals surface area contributed by atoms with Gasteiger partial charge in [0.2, 0.25) is 5.88 Å². The number of rotatable bonds is 6. The molecule has 0 aliphatic rings. The molecule has 0 saturated carbocycles. The van der Waals surface area contributed by atoms with Crippen molar-refractivity contribution in [2.24, 2.45) is 0 Å². The average molecular weight is 353 g/mol. The van der Waals surface area contributed by atoms with Gasteiger partial charge in [-0.3, -0.25) is 0 Å². The second-order valence-electron chi connectivity index (χ2n) is 4.82. The van der Waals surface area contributed by atoms with E-state index >= 15 is 0 Å². The number of hydrogen-bond donors (Lipinski definition) is 1. The topological polar surface area (TPSA) is 59.9 Å². The molecule has 0 bridgehead atoms. The highest BCUT2D eigenvalue weighted by Gasteiger charge is 2.13. The number of thiophene rings is 1. The van der Waals surface area contributed by atoms with E-state index in [2.05, 4.69) is 20.3 Å². The maximum atomic E-state index is 12.1. The van der Waals surface area contributed by atoms with Crippen molar-refractivity contribution in [2.75, 3.05) is 18.6 Å². The van der Waals surface area contributed by atoms with Crippen molar-refractivity contribution in [3.63, 3.8) is 0 Å². The third-order valence-electron chi connectivity index (χ3n) is 3.26. The summed E-state index contributed by atoms with van der Waals surface area (Å²) < 4.78 is 17.2. The molecule has 120 valence electrons. The lowest BCUT2D eigenvalue weighted by Crippen LogP contribution is -2.09. The Balaban J connectivity index is 1.78. The van der Waals surface area contributed by atoms with Crippen LogP contribution in [-0.2, 0) is 0 Å². The van der Waals surface area contributed by atoms with Crippen molar-refractivity contribution in [1.29, 1.82) is 0 Å². The van der Waals surface area contributed by atoms with Gasteiger partial charge in [0.1, 0.15) is 30.3 Å². The van der Waals surface area contributed by atoms with Gasteiger partial charge >= 0.3 is 0 Å². The van der Waals surface area contributed by atoms with Crippen LogP contribution in [0.4, 0.5) is 10.2 Å². The monoisotopic (exact) mass is 352 g/mol. The zero-order valence-electron chi connectivity index (χ0n) is 12.3. The van der Waals surface area contributed by atoms with Crippen molar-refractivity contribution in [3.05, 3.63) is 40.6 Å². The molecule has 0 fully saturated rings. The van der Waals surface area contributed by atoms with Crippen molar-refractivity contribution < 1.29 is 9.13 Å². The number of pyridine rings is 1. The van der Waals surface area contributed by atoms with Gasteiger partial charge in [0, 0.05) is 17.6 Å². The van der Waals surface area contributed by atoms with Gasteiger partial charge in [0.05, 0.1) is 16.5 Å². The van der Waals surface area contributed by atoms with E-state index in [9.17, 15) is 4.39 Å². The van der Waals surface area contributed by atoms with E-state index in [4.69, 9.17) is 16.3 Å². The summed E-state index contributed by atoms with van der Waals surface area (Å²) in [5, 5.41) is 6.62. The van der Waals surface area contributed by atoms with Crippen LogP contribution in [-0.4, -0.2) is 28.2 Å². The van der Waals surface area contributed by atoms with Crippen LogP contribution in [0.25, 0.3) is 10.2 Å². The molecule has 8 heteroatoms. The zero-order chi connectivity index (χ0) is 16.2. The van der Waals surface area contributed by atoms with Crippen molar-refractivity contribution in [3.8, 4) is 5.88 Å². The molecule has 0 aliphatic carbocycles. The first-order valence-electron chi connectivity index (χ1n) is 6.98. The first-order chi connectivity index (χ1) is 11.2. The highest BCUT2D eigenvalue weighted by atomic mass is 35.5. The molecule has 5 nitrogen and oxygen atoms in total. The lowest BCUT2D eigenvalue weighted by molar-refractivity contribution is 0.264. The van der Waals surface area contributed by atoms with E-state index < -0.39 is 6.67 Å². The summed E-state index contributed by atoms with van der Waals surface area (Å²) in [6.07, 6.45) is 3.20. The Kier molecular flexibility index (Phi) is 4.88. The summed E-state index contributed by atoms with van der Waals surface area (Å²) in [7, 11) is 0. The Hall–Kier alpha value is -1.99. The molecule has 0 radical (unpaired) electrons. The smallest absolute Gasteiger partial charge is 0.213 e. The van der Waals surface area contributed by atoms with Gasteiger partial charge in [-0.05, 0) is 12.5 Å². The lowest BCUT2D eigenvalue weighted by atomic mass is 10.1. The van der Waals surface area contributed by atoms with Gasteiger partial charge in [-0.25, -0.2) is 19.3 Å². The van der Waals surface area contributed by atoms with Gasteiger partial charge in [-0.1, -0.05) is 17.7 Å². The molecule has 1 unspecified atom stereocenters. The second-order valence-corrected chi connectivity index (χ2v) is 6.08. The molecule has 0 saturated heterocycles. The molecule has 0 aromatic carbocycles. The molecule has 3 rings (SSSR count). The van der Waals surface area contributed by atoms with Crippen molar-refractivity contribution >= 4 is 39.0 Å². The molecule has 23 heavy (non-hydrogen) atoms. The van der Waals surface area contributed by atoms with Crippen LogP contribution in [0.15, 0.2) is 30.0 Å². The third kappa shape index (κ3) is 3.51. The maximum absolute atomic E-state index is 12.1. The molecule has 0 spiro atoms. The summed E-state index contributed by atoms with van der Waals surface area (Å²) >= 11 is 7.69. The van der Waals surface area contributed by atoms with Gasteiger partial charge in [-0.15, -0.1) is 11.3 Å². The van der Waals surface area contributed by atoms with Gasteiger partial charge in [0.15, 0.2) is 0 Å². The second kappa shape index (κ2) is 7.06. The SMILES string of the molecule is CC(Nc1ncnc2scc(Cl)c12)c1ccc(OCCF)nc1. The number of alkyl halides is 1. The van der Waals surface area contributed by atoms with Crippen molar-refractivity contribution in [1.82, 2.24) is 15.0 Å². The Morgan fingerprint density at radius 3 is 2.96 bits per heavy atom. The van der Waals surface area contributed by atoms with Crippen LogP contribution >= 0.6 is 22.9 Å². The molecular weight excluding hydrogens is 339 g/mol. The summed E-state index contributed by atoms with van der Waals surface area (Å²) in [5.41, 5.74) is 0.954. The quantitative estimate of drug-likeness (QED) is 0.718. The van der Waals surface area contributed by atoms with E-state index in [1.165, 1.54) is 17.7 Å². The van der Waals surface area contributed by atoms with Crippen LogP contribution in [0.3, 0.4) is 0 Å². The predicted molar refractivity (Wildman–Crippen MR) is 90.2 cm³/mol. The summed E-state index contributed by atoms with van der Waals surface area (Å²) in [5.74, 6) is 1.09. The standard InChI is InChI=1S/C15H14ClFN4OS/c1-9(10-2-3-12(18-6-10)22-5-4-17)21-14-13-11(16)7-23-15(13)20-8-19-14/h2-3,6-9H,4-5H2,1H3,(H,19,20,21). The number of nitrogens with zero attached hydrogens (tertiary/aromatic N) is 3. The fourth-order valence-corrected chi connectivity index (χ4v) is 3.25. The minimum Gasteiger partial charge on any atom is -0.475 e. The highest BCUT2D eigenvalue weighted by molar-refractivity contribution is 7.17. The Bertz CT molecular complexity index is 796. The number of ether oxygens (including phenoxy) is 1. The molecule has 0 aliphatic heterocycles. The first-order valence-corrected chi connectivity index (χ1v) is 8.23. The van der Waals surface area contributed by atoms with Crippen LogP contribution in [0.2, 0.25) is 5.02 Å². The average Bonchev–Trinajstić information content (AvgIpc) is 2.96. The minimum atomic E-state index is -0.535. The fraction of sp³-hybridized carbons (Fsp3) is 0.267. The summed E-state index contributed by atoms with van der Waals surface area (Å²) in [6, 6.07) is 3.56. The largest absolute Gasteiger partial charge is 0.475 e. The third-order valence-corrected chi connectivity index (χ3v) is 4.58. The van der Waals surface area contributed by atoms with Crippen LogP contribution < -0.4 is 10.1 Å². The number of nitrogens with one attached hydrogen (secondary N) is 1. The molecule has 1 atom stereocenters. The Morgan fingerprint density at radius 2 is 2.22 bits per heavy atom. The molecule has 3 aromatic heterocycles. The highest BCUT2D eigenvalue weighted by Crippen LogP contribution is 2.34. The normalized spacial score (nSPS) is 12.3. The van der Waals surface area contributed by atoms with E-state index in [0.717, 1.165) is 15.8 Å². The number of aromatic nitrogens is 3. The van der Waals surface area contributed by atoms with Crippen LogP contribution in [0, 0.1) is 0 Å². The number of hydrogen-bond acceptors (Lipinski definition) is 6. The van der Waals surface area contributed by atoms with E-state index in [1.54, 1.807) is 12.3 Å². The number of anilines is 1. The molecular formula is C15H14ClFN4OS. The van der Waals surface area contributed by atoms with Gasteiger partial charge < -0.3 is 10.1 Å². The minimum absolute atomic E-state index is 0.00965. The summed E-state index contributed by atoms with van der Waals surface area (Å²) in [6.45, 7) is 1.47. The summed E-state index contributed by atoms with van der Waals surface area (Å²) in [4.78, 5) is 13.5. The Labute approximate surface area is 141 Å². The molecule has 3 heterocycles. The van der Waals surface area contributed by atoms with E-state index in [-0.39, 0.29) is 12.6 Å². The lowest BCUT2D eigenvalue weighted by Gasteiger charge is -2.15. The van der Waals surface area contributed by atoms with Gasteiger partial charge in [-0.2, -0.15) is 0 Å². The zero-order valence-corrected chi connectivity index (χ0v) is 13.9. The number of halogens is 2. The Morgan fingerprint density at radius 1 is 1.35 bits per heavy atom. The van der Waals surface area contributed by atoms with Gasteiger partial charge in [0.25, 0.3) is 0 Å². The van der Waals surface area contributed by atoms with Crippen molar-refractivity contribution in [2.45, 2.75) is 13.0 Å². The predicted octanol–water partition coefficient (Wildman–Crippen LogP) is 4.26. The van der Waals surface area contributed by atoms with Crippen LogP contribution in [0.1, 0.15) is 18.5 Å². The van der Waals surface area contributed by atoms with E-state index in [0.29, 0.717) is 16.7 Å². The molecule has 0 amide bonds. The molecule has 1 N–H and O–H groups in total. The van der Waals surface area contributed by atoms with Crippen LogP contribution in [0.5, 0.6) is 5.88 Å². The maximum Gasteiger partial charge on any atom is 0.213 e. The molecule has 3 aromatic rings.